The molecular weight excluding hydrogens is 330 g/mol. The summed E-state index contributed by atoms with van der Waals surface area (Å²) in [5.41, 5.74) is 1.30. The predicted octanol–water partition coefficient (Wildman–Crippen LogP) is 2.41. The highest BCUT2D eigenvalue weighted by Gasteiger charge is 2.31. The third-order valence-corrected chi connectivity index (χ3v) is 5.00. The Balaban J connectivity index is 1.51. The van der Waals surface area contributed by atoms with Crippen LogP contribution in [0.1, 0.15) is 49.9 Å². The van der Waals surface area contributed by atoms with Crippen LogP contribution in [0.5, 0.6) is 0 Å². The van der Waals surface area contributed by atoms with Gasteiger partial charge in [-0.15, -0.1) is 0 Å². The van der Waals surface area contributed by atoms with Crippen LogP contribution in [0.2, 0.25) is 0 Å². The Morgan fingerprint density at radius 3 is 2.15 bits per heavy atom. The zero-order chi connectivity index (χ0) is 18.7. The molecule has 1 aromatic rings. The van der Waals surface area contributed by atoms with Gasteiger partial charge in [-0.05, 0) is 49.9 Å². The van der Waals surface area contributed by atoms with E-state index < -0.39 is 0 Å². The number of likely N-dealkylation sites (tertiary alicyclic amines) is 1. The Bertz CT molecular complexity index is 672. The van der Waals surface area contributed by atoms with E-state index in [0.29, 0.717) is 43.2 Å². The predicted molar refractivity (Wildman–Crippen MR) is 99.7 cm³/mol. The first-order chi connectivity index (χ1) is 12.4. The van der Waals surface area contributed by atoms with Crippen molar-refractivity contribution in [2.24, 2.45) is 11.8 Å². The van der Waals surface area contributed by atoms with E-state index in [1.807, 2.05) is 18.7 Å². The summed E-state index contributed by atoms with van der Waals surface area (Å²) in [4.78, 5) is 38.3. The van der Waals surface area contributed by atoms with Crippen LogP contribution in [-0.4, -0.2) is 41.8 Å². The van der Waals surface area contributed by atoms with Crippen LogP contribution < -0.4 is 10.6 Å². The van der Waals surface area contributed by atoms with E-state index in [1.165, 1.54) is 0 Å². The van der Waals surface area contributed by atoms with Gasteiger partial charge < -0.3 is 15.5 Å². The molecule has 1 aromatic carbocycles. The minimum absolute atomic E-state index is 0.0206. The Labute approximate surface area is 154 Å². The standard InChI is InChI=1S/C20H27N3O3/c1-13(2)18(24)21-16-5-3-15(4-6-16)20(26)23-11-9-14(10-12-23)19(25)22-17-7-8-17/h3-6,13-14,17H,7-12H2,1-2H3,(H,21,24)(H,22,25). The summed E-state index contributed by atoms with van der Waals surface area (Å²) in [5, 5.41) is 5.87. The van der Waals surface area contributed by atoms with Crippen molar-refractivity contribution in [3.8, 4) is 0 Å². The smallest absolute Gasteiger partial charge is 0.253 e. The molecule has 0 aromatic heterocycles. The summed E-state index contributed by atoms with van der Waals surface area (Å²) >= 11 is 0. The Morgan fingerprint density at radius 1 is 1.00 bits per heavy atom. The maximum Gasteiger partial charge on any atom is 0.253 e. The Hall–Kier alpha value is -2.37. The number of hydrogen-bond acceptors (Lipinski definition) is 3. The average Bonchev–Trinajstić information content (AvgIpc) is 3.45. The third-order valence-electron chi connectivity index (χ3n) is 5.00. The number of amides is 3. The molecule has 26 heavy (non-hydrogen) atoms. The molecule has 0 atom stereocenters. The first-order valence-corrected chi connectivity index (χ1v) is 9.44. The minimum atomic E-state index is -0.0882. The van der Waals surface area contributed by atoms with E-state index in [-0.39, 0.29) is 29.6 Å². The molecule has 1 heterocycles. The van der Waals surface area contributed by atoms with Crippen LogP contribution in [0.15, 0.2) is 24.3 Å². The molecule has 0 spiro atoms. The van der Waals surface area contributed by atoms with Crippen molar-refractivity contribution in [3.05, 3.63) is 29.8 Å². The maximum absolute atomic E-state index is 12.6. The molecule has 1 saturated heterocycles. The van der Waals surface area contributed by atoms with Gasteiger partial charge >= 0.3 is 0 Å². The van der Waals surface area contributed by atoms with Gasteiger partial charge in [-0.25, -0.2) is 0 Å². The lowest BCUT2D eigenvalue weighted by atomic mass is 9.95. The van der Waals surface area contributed by atoms with Gasteiger partial charge in [-0.1, -0.05) is 13.8 Å². The summed E-state index contributed by atoms with van der Waals surface area (Å²) in [7, 11) is 0. The van der Waals surface area contributed by atoms with Gasteiger partial charge in [0.2, 0.25) is 11.8 Å². The molecule has 1 aliphatic carbocycles. The molecule has 0 radical (unpaired) electrons. The van der Waals surface area contributed by atoms with Gasteiger partial charge in [0.05, 0.1) is 0 Å². The van der Waals surface area contributed by atoms with Gasteiger partial charge in [0, 0.05) is 42.2 Å². The summed E-state index contributed by atoms with van der Waals surface area (Å²) in [6.07, 6.45) is 3.62. The van der Waals surface area contributed by atoms with Crippen LogP contribution >= 0.6 is 0 Å². The number of benzene rings is 1. The maximum atomic E-state index is 12.6. The van der Waals surface area contributed by atoms with Crippen molar-refractivity contribution in [3.63, 3.8) is 0 Å². The molecule has 2 aliphatic rings. The number of anilines is 1. The van der Waals surface area contributed by atoms with Crippen molar-refractivity contribution in [1.29, 1.82) is 0 Å². The van der Waals surface area contributed by atoms with Crippen LogP contribution in [0, 0.1) is 11.8 Å². The minimum Gasteiger partial charge on any atom is -0.353 e. The molecule has 6 heteroatoms. The van der Waals surface area contributed by atoms with Crippen molar-refractivity contribution in [2.45, 2.75) is 45.6 Å². The van der Waals surface area contributed by atoms with E-state index in [9.17, 15) is 14.4 Å². The molecule has 140 valence electrons. The number of piperidine rings is 1. The molecule has 2 N–H and O–H groups in total. The highest BCUT2D eigenvalue weighted by atomic mass is 16.2. The Morgan fingerprint density at radius 2 is 1.62 bits per heavy atom. The number of carbonyl (C=O) groups is 3. The molecule has 0 unspecified atom stereocenters. The van der Waals surface area contributed by atoms with Gasteiger partial charge in [0.25, 0.3) is 5.91 Å². The summed E-state index contributed by atoms with van der Waals surface area (Å²) in [5.74, 6) is 0.0104. The normalized spacial score (nSPS) is 17.9. The van der Waals surface area contributed by atoms with Crippen LogP contribution in [0.3, 0.4) is 0 Å². The van der Waals surface area contributed by atoms with Crippen molar-refractivity contribution in [1.82, 2.24) is 10.2 Å². The molecule has 0 bridgehead atoms. The monoisotopic (exact) mass is 357 g/mol. The second-order valence-electron chi connectivity index (χ2n) is 7.57. The second kappa shape index (κ2) is 7.89. The van der Waals surface area contributed by atoms with E-state index in [1.54, 1.807) is 24.3 Å². The van der Waals surface area contributed by atoms with Gasteiger partial charge in [-0.3, -0.25) is 14.4 Å². The molecule has 3 rings (SSSR count). The summed E-state index contributed by atoms with van der Waals surface area (Å²) in [6, 6.07) is 7.37. The highest BCUT2D eigenvalue weighted by Crippen LogP contribution is 2.23. The van der Waals surface area contributed by atoms with E-state index in [4.69, 9.17) is 0 Å². The van der Waals surface area contributed by atoms with Gasteiger partial charge in [0.15, 0.2) is 0 Å². The first kappa shape index (κ1) is 18.4. The fourth-order valence-electron chi connectivity index (χ4n) is 3.06. The molecule has 6 nitrogen and oxygen atoms in total. The fourth-order valence-corrected chi connectivity index (χ4v) is 3.06. The SMILES string of the molecule is CC(C)C(=O)Nc1ccc(C(=O)N2CCC(C(=O)NC3CC3)CC2)cc1. The van der Waals surface area contributed by atoms with Crippen LogP contribution in [-0.2, 0) is 9.59 Å². The van der Waals surface area contributed by atoms with Crippen LogP contribution in [0.4, 0.5) is 5.69 Å². The van der Waals surface area contributed by atoms with E-state index in [2.05, 4.69) is 10.6 Å². The largest absolute Gasteiger partial charge is 0.353 e. The summed E-state index contributed by atoms with van der Waals surface area (Å²) < 4.78 is 0. The molecule has 2 fully saturated rings. The Kier molecular flexibility index (Phi) is 5.59. The lowest BCUT2D eigenvalue weighted by Gasteiger charge is -2.31. The van der Waals surface area contributed by atoms with Gasteiger partial charge in [0.1, 0.15) is 0 Å². The van der Waals surface area contributed by atoms with Crippen LogP contribution in [0.25, 0.3) is 0 Å². The number of hydrogen-bond donors (Lipinski definition) is 2. The molecular formula is C20H27N3O3. The topological polar surface area (TPSA) is 78.5 Å². The fraction of sp³-hybridized carbons (Fsp3) is 0.550. The zero-order valence-corrected chi connectivity index (χ0v) is 15.5. The molecule has 3 amide bonds. The highest BCUT2D eigenvalue weighted by molar-refractivity contribution is 5.96. The lowest BCUT2D eigenvalue weighted by molar-refractivity contribution is -0.126. The average molecular weight is 357 g/mol. The quantitative estimate of drug-likeness (QED) is 0.849. The van der Waals surface area contributed by atoms with Crippen molar-refractivity contribution >= 4 is 23.4 Å². The number of carbonyl (C=O) groups excluding carboxylic acids is 3. The lowest BCUT2D eigenvalue weighted by Crippen LogP contribution is -2.43. The zero-order valence-electron chi connectivity index (χ0n) is 15.5. The molecule has 1 saturated carbocycles. The number of nitrogens with one attached hydrogen (secondary N) is 2. The first-order valence-electron chi connectivity index (χ1n) is 9.44. The van der Waals surface area contributed by atoms with Crippen molar-refractivity contribution < 1.29 is 14.4 Å². The van der Waals surface area contributed by atoms with E-state index in [0.717, 1.165) is 12.8 Å². The third kappa shape index (κ3) is 4.62. The summed E-state index contributed by atoms with van der Waals surface area (Å²) in [6.45, 7) is 4.88. The number of nitrogens with zero attached hydrogens (tertiary/aromatic N) is 1. The van der Waals surface area contributed by atoms with Gasteiger partial charge in [-0.2, -0.15) is 0 Å². The molecule has 1 aliphatic heterocycles. The second-order valence-corrected chi connectivity index (χ2v) is 7.57. The number of rotatable bonds is 5. The van der Waals surface area contributed by atoms with E-state index >= 15 is 0 Å². The van der Waals surface area contributed by atoms with Crippen molar-refractivity contribution in [2.75, 3.05) is 18.4 Å².